The number of halogens is 1. The van der Waals surface area contributed by atoms with Gasteiger partial charge in [0, 0.05) is 12.2 Å². The molecule has 1 aliphatic rings. The Hall–Kier alpha value is -1.09. The van der Waals surface area contributed by atoms with E-state index < -0.39 is 5.67 Å². The number of nitrogens with one attached hydrogen (secondary N) is 2. The Balaban J connectivity index is 1.97. The van der Waals surface area contributed by atoms with Crippen molar-refractivity contribution in [3.63, 3.8) is 0 Å². The lowest BCUT2D eigenvalue weighted by molar-refractivity contribution is 0.221. The van der Waals surface area contributed by atoms with Crippen molar-refractivity contribution in [2.75, 3.05) is 25.0 Å². The van der Waals surface area contributed by atoms with Crippen LogP contribution in [0.2, 0.25) is 0 Å². The lowest BCUT2D eigenvalue weighted by Gasteiger charge is -2.24. The first-order valence-corrected chi connectivity index (χ1v) is 7.21. The maximum Gasteiger partial charge on any atom is 0.130 e. The van der Waals surface area contributed by atoms with Crippen LogP contribution in [0.15, 0.2) is 18.2 Å². The molecule has 2 rings (SSSR count). The van der Waals surface area contributed by atoms with E-state index in [1.807, 2.05) is 25.1 Å². The number of hydrogen-bond acceptors (Lipinski definition) is 2. The van der Waals surface area contributed by atoms with Crippen molar-refractivity contribution in [2.45, 2.75) is 39.3 Å². The van der Waals surface area contributed by atoms with Gasteiger partial charge in [0.15, 0.2) is 0 Å². The topological polar surface area (TPSA) is 24.1 Å². The largest absolute Gasteiger partial charge is 0.385 e. The summed E-state index contributed by atoms with van der Waals surface area (Å²) in [6.07, 6.45) is 2.55. The molecular weight excluding hydrogens is 239 g/mol. The molecule has 19 heavy (non-hydrogen) atoms. The monoisotopic (exact) mass is 264 g/mol. The number of benzene rings is 1. The summed E-state index contributed by atoms with van der Waals surface area (Å²) in [4.78, 5) is 0. The van der Waals surface area contributed by atoms with E-state index in [0.29, 0.717) is 5.92 Å². The van der Waals surface area contributed by atoms with E-state index in [0.717, 1.165) is 36.4 Å². The van der Waals surface area contributed by atoms with E-state index in [1.165, 1.54) is 12.8 Å². The third-order valence-corrected chi connectivity index (χ3v) is 3.89. The van der Waals surface area contributed by atoms with Crippen LogP contribution >= 0.6 is 0 Å². The van der Waals surface area contributed by atoms with Gasteiger partial charge >= 0.3 is 0 Å². The minimum absolute atomic E-state index is 0.699. The average molecular weight is 264 g/mol. The summed E-state index contributed by atoms with van der Waals surface area (Å²) in [5, 5.41) is 6.92. The Kier molecular flexibility index (Phi) is 4.46. The second-order valence-electron chi connectivity index (χ2n) is 6.10. The quantitative estimate of drug-likeness (QED) is 0.868. The van der Waals surface area contributed by atoms with Crippen LogP contribution in [0.4, 0.5) is 10.1 Å². The molecule has 3 heteroatoms. The predicted molar refractivity (Wildman–Crippen MR) is 79.4 cm³/mol. The first-order valence-electron chi connectivity index (χ1n) is 7.21. The minimum Gasteiger partial charge on any atom is -0.385 e. The van der Waals surface area contributed by atoms with Gasteiger partial charge in [0.25, 0.3) is 0 Å². The summed E-state index contributed by atoms with van der Waals surface area (Å²) >= 11 is 0. The Morgan fingerprint density at radius 2 is 2.21 bits per heavy atom. The van der Waals surface area contributed by atoms with E-state index >= 15 is 0 Å². The number of piperidine rings is 1. The molecule has 0 spiro atoms. The zero-order chi connectivity index (χ0) is 13.9. The number of aryl methyl sites for hydroxylation is 1. The summed E-state index contributed by atoms with van der Waals surface area (Å²) in [7, 11) is 0. The predicted octanol–water partition coefficient (Wildman–Crippen LogP) is 3.61. The van der Waals surface area contributed by atoms with Crippen LogP contribution in [0.3, 0.4) is 0 Å². The number of alkyl halides is 1. The highest BCUT2D eigenvalue weighted by molar-refractivity contribution is 5.52. The minimum atomic E-state index is -1.27. The zero-order valence-corrected chi connectivity index (χ0v) is 12.2. The maximum atomic E-state index is 13.9. The molecule has 2 nitrogen and oxygen atoms in total. The second-order valence-corrected chi connectivity index (χ2v) is 6.10. The van der Waals surface area contributed by atoms with Gasteiger partial charge in [-0.05, 0) is 69.8 Å². The molecule has 2 N–H and O–H groups in total. The van der Waals surface area contributed by atoms with Crippen molar-refractivity contribution in [2.24, 2.45) is 5.92 Å². The standard InChI is InChI=1S/C16H25FN2/c1-12-9-14(16(2,3)17)6-7-15(12)19-11-13-5-4-8-18-10-13/h6-7,9,13,18-19H,4-5,8,10-11H2,1-3H3. The van der Waals surface area contributed by atoms with Gasteiger partial charge in [0.1, 0.15) is 5.67 Å². The van der Waals surface area contributed by atoms with Crippen LogP contribution in [0.5, 0.6) is 0 Å². The van der Waals surface area contributed by atoms with Gasteiger partial charge in [0.05, 0.1) is 0 Å². The van der Waals surface area contributed by atoms with Crippen molar-refractivity contribution in [3.05, 3.63) is 29.3 Å². The van der Waals surface area contributed by atoms with Crippen LogP contribution in [0.25, 0.3) is 0 Å². The first kappa shape index (κ1) is 14.3. The SMILES string of the molecule is Cc1cc(C(C)(C)F)ccc1NCC1CCCNC1. The molecule has 106 valence electrons. The highest BCUT2D eigenvalue weighted by Gasteiger charge is 2.19. The summed E-state index contributed by atoms with van der Waals surface area (Å²) in [5.41, 5.74) is 1.72. The third kappa shape index (κ3) is 3.93. The van der Waals surface area contributed by atoms with Gasteiger partial charge in [-0.3, -0.25) is 0 Å². The third-order valence-electron chi connectivity index (χ3n) is 3.89. The molecule has 1 saturated heterocycles. The molecule has 0 bridgehead atoms. The molecular formula is C16H25FN2. The van der Waals surface area contributed by atoms with E-state index in [2.05, 4.69) is 10.6 Å². The van der Waals surface area contributed by atoms with Gasteiger partial charge < -0.3 is 10.6 Å². The van der Waals surface area contributed by atoms with Crippen LogP contribution in [0, 0.1) is 12.8 Å². The highest BCUT2D eigenvalue weighted by atomic mass is 19.1. The Morgan fingerprint density at radius 1 is 1.42 bits per heavy atom. The first-order chi connectivity index (χ1) is 8.97. The normalized spacial score (nSPS) is 20.3. The molecule has 0 radical (unpaired) electrons. The molecule has 0 aromatic heterocycles. The zero-order valence-electron chi connectivity index (χ0n) is 12.2. The summed E-state index contributed by atoms with van der Waals surface area (Å²) in [6, 6.07) is 5.83. The number of rotatable bonds is 4. The molecule has 1 atom stereocenters. The van der Waals surface area contributed by atoms with E-state index in [9.17, 15) is 4.39 Å². The smallest absolute Gasteiger partial charge is 0.130 e. The molecule has 0 saturated carbocycles. The van der Waals surface area contributed by atoms with Crippen LogP contribution in [0.1, 0.15) is 37.8 Å². The fraction of sp³-hybridized carbons (Fsp3) is 0.625. The van der Waals surface area contributed by atoms with E-state index in [4.69, 9.17) is 0 Å². The molecule has 1 aromatic rings. The average Bonchev–Trinajstić information content (AvgIpc) is 2.37. The summed E-state index contributed by atoms with van der Waals surface area (Å²) in [6.45, 7) is 8.48. The fourth-order valence-electron chi connectivity index (χ4n) is 2.58. The summed E-state index contributed by atoms with van der Waals surface area (Å²) in [5.74, 6) is 0.699. The maximum absolute atomic E-state index is 13.9. The fourth-order valence-corrected chi connectivity index (χ4v) is 2.58. The Bertz CT molecular complexity index is 417. The van der Waals surface area contributed by atoms with Crippen molar-refractivity contribution in [1.29, 1.82) is 0 Å². The van der Waals surface area contributed by atoms with Crippen LogP contribution < -0.4 is 10.6 Å². The van der Waals surface area contributed by atoms with E-state index in [-0.39, 0.29) is 0 Å². The molecule has 1 fully saturated rings. The summed E-state index contributed by atoms with van der Waals surface area (Å²) < 4.78 is 13.9. The second kappa shape index (κ2) is 5.91. The van der Waals surface area contributed by atoms with Gasteiger partial charge in [-0.25, -0.2) is 4.39 Å². The number of hydrogen-bond donors (Lipinski definition) is 2. The molecule has 1 aromatic carbocycles. The molecule has 1 heterocycles. The Labute approximate surface area is 115 Å². The van der Waals surface area contributed by atoms with Crippen LogP contribution in [-0.4, -0.2) is 19.6 Å². The molecule has 1 aliphatic heterocycles. The molecule has 0 amide bonds. The molecule has 0 aliphatic carbocycles. The van der Waals surface area contributed by atoms with Gasteiger partial charge in [-0.1, -0.05) is 12.1 Å². The van der Waals surface area contributed by atoms with Gasteiger partial charge in [0.2, 0.25) is 0 Å². The van der Waals surface area contributed by atoms with Gasteiger partial charge in [-0.2, -0.15) is 0 Å². The lowest BCUT2D eigenvalue weighted by Crippen LogP contribution is -2.33. The number of anilines is 1. The van der Waals surface area contributed by atoms with Gasteiger partial charge in [-0.15, -0.1) is 0 Å². The highest BCUT2D eigenvalue weighted by Crippen LogP contribution is 2.28. The molecule has 1 unspecified atom stereocenters. The lowest BCUT2D eigenvalue weighted by atomic mass is 9.97. The van der Waals surface area contributed by atoms with Crippen LogP contribution in [-0.2, 0) is 5.67 Å². The van der Waals surface area contributed by atoms with Crippen molar-refractivity contribution >= 4 is 5.69 Å². The van der Waals surface area contributed by atoms with Crippen molar-refractivity contribution in [3.8, 4) is 0 Å². The van der Waals surface area contributed by atoms with E-state index in [1.54, 1.807) is 13.8 Å². The Morgan fingerprint density at radius 3 is 2.79 bits per heavy atom. The van der Waals surface area contributed by atoms with Crippen molar-refractivity contribution in [1.82, 2.24) is 5.32 Å². The van der Waals surface area contributed by atoms with Crippen molar-refractivity contribution < 1.29 is 4.39 Å².